The molecule has 1 aliphatic rings. The van der Waals surface area contributed by atoms with E-state index < -0.39 is 0 Å². The van der Waals surface area contributed by atoms with Crippen molar-refractivity contribution in [2.24, 2.45) is 5.41 Å². The maximum atomic E-state index is 2.54. The molecule has 11 rings (SSSR count). The van der Waals surface area contributed by atoms with Gasteiger partial charge in [0.05, 0.1) is 11.2 Å². The van der Waals surface area contributed by atoms with E-state index in [1.165, 1.54) is 94.3 Å². The van der Waals surface area contributed by atoms with Crippen LogP contribution < -0.4 is 4.90 Å². The molecule has 9 aromatic carbocycles. The van der Waals surface area contributed by atoms with Gasteiger partial charge in [-0.25, -0.2) is 0 Å². The number of para-hydroxylation sites is 1. The van der Waals surface area contributed by atoms with E-state index in [1.807, 2.05) is 0 Å². The third-order valence-electron chi connectivity index (χ3n) is 14.1. The van der Waals surface area contributed by atoms with Crippen LogP contribution in [0.5, 0.6) is 0 Å². The fraction of sp³-hybridized carbons (Fsp3) is 0.152. The van der Waals surface area contributed by atoms with Crippen LogP contribution in [0.25, 0.3) is 77.9 Å². The van der Waals surface area contributed by atoms with Crippen molar-refractivity contribution in [3.05, 3.63) is 235 Å². The molecular formula is C66H58N2. The molecule has 2 nitrogen and oxygen atoms in total. The molecule has 0 atom stereocenters. The van der Waals surface area contributed by atoms with Gasteiger partial charge in [0.1, 0.15) is 0 Å². The number of rotatable bonds is 8. The molecule has 0 fully saturated rings. The normalized spacial score (nSPS) is 12.8. The quantitative estimate of drug-likeness (QED) is 0.148. The number of allylic oxidation sites excluding steroid dienone is 1. The minimum Gasteiger partial charge on any atom is -0.310 e. The molecular weight excluding hydrogens is 821 g/mol. The second kappa shape index (κ2) is 17.2. The van der Waals surface area contributed by atoms with E-state index in [2.05, 4.69) is 269 Å². The fourth-order valence-electron chi connectivity index (χ4n) is 10.2. The van der Waals surface area contributed by atoms with Gasteiger partial charge in [-0.15, -0.1) is 0 Å². The highest BCUT2D eigenvalue weighted by Crippen LogP contribution is 2.47. The highest BCUT2D eigenvalue weighted by atomic mass is 15.1. The summed E-state index contributed by atoms with van der Waals surface area (Å²) in [6.07, 6.45) is 4.57. The second-order valence-electron chi connectivity index (χ2n) is 20.6. The highest BCUT2D eigenvalue weighted by molar-refractivity contribution is 6.03. The summed E-state index contributed by atoms with van der Waals surface area (Å²) in [5.74, 6) is 0. The minimum absolute atomic E-state index is 0.0678. The van der Waals surface area contributed by atoms with Crippen LogP contribution in [0.15, 0.2) is 218 Å². The van der Waals surface area contributed by atoms with Gasteiger partial charge in [0, 0.05) is 28.1 Å². The van der Waals surface area contributed by atoms with Crippen LogP contribution in [0, 0.1) is 5.41 Å². The summed E-state index contributed by atoms with van der Waals surface area (Å²) < 4.78 is 2.54. The number of nitrogens with zero attached hydrogens (tertiary/aromatic N) is 2. The van der Waals surface area contributed by atoms with E-state index >= 15 is 0 Å². The van der Waals surface area contributed by atoms with Gasteiger partial charge in [-0.3, -0.25) is 0 Å². The first-order chi connectivity index (χ1) is 33.0. The monoisotopic (exact) mass is 878 g/mol. The zero-order chi connectivity index (χ0) is 46.6. The van der Waals surface area contributed by atoms with Crippen molar-refractivity contribution in [2.45, 2.75) is 59.8 Å². The molecule has 0 saturated carbocycles. The summed E-state index contributed by atoms with van der Waals surface area (Å²) in [6, 6.07) is 78.2. The van der Waals surface area contributed by atoms with Gasteiger partial charge in [-0.2, -0.15) is 0 Å². The molecule has 0 radical (unpaired) electrons. The third-order valence-corrected chi connectivity index (χ3v) is 14.1. The molecule has 0 unspecified atom stereocenters. The second-order valence-corrected chi connectivity index (χ2v) is 20.6. The van der Waals surface area contributed by atoms with E-state index in [0.29, 0.717) is 0 Å². The van der Waals surface area contributed by atoms with E-state index in [4.69, 9.17) is 0 Å². The molecule has 68 heavy (non-hydrogen) atoms. The van der Waals surface area contributed by atoms with Crippen LogP contribution >= 0.6 is 0 Å². The Morgan fingerprint density at radius 1 is 0.397 bits per heavy atom. The van der Waals surface area contributed by atoms with Crippen LogP contribution in [-0.4, -0.2) is 4.57 Å². The summed E-state index contributed by atoms with van der Waals surface area (Å²) >= 11 is 0. The smallest absolute Gasteiger partial charge is 0.0546 e. The number of hydrogen-bond acceptors (Lipinski definition) is 1. The van der Waals surface area contributed by atoms with Gasteiger partial charge in [0.15, 0.2) is 0 Å². The maximum absolute atomic E-state index is 2.54. The van der Waals surface area contributed by atoms with Crippen LogP contribution in [0.1, 0.15) is 64.8 Å². The first-order valence-electron chi connectivity index (χ1n) is 24.2. The Labute approximate surface area is 402 Å². The number of fused-ring (bicyclic) bond motifs is 4. The summed E-state index contributed by atoms with van der Waals surface area (Å²) in [7, 11) is 0. The predicted molar refractivity (Wildman–Crippen MR) is 292 cm³/mol. The Balaban J connectivity index is 1.06. The molecule has 1 aromatic heterocycles. The standard InChI is InChI=1S/C66H58N2/c1-65(2,3)54-34-39-60-62(43-54)68(56-21-11-8-12-22-56)63-44-55(66(4,5)6)42-61(64(60)63)53-20-15-23-59(41-53)67(58-37-32-50(33-38-58)52-29-28-46-18-13-14-19-51(46)40-52)57-35-30-49(31-36-57)48-26-24-47(25-27-48)45-16-9-7-10-17-45/h7-33,35-38,40-44H,34,39H2,1-6H3. The molecule has 1 heterocycles. The number of anilines is 3. The average molecular weight is 879 g/mol. The molecule has 332 valence electrons. The van der Waals surface area contributed by atoms with E-state index in [0.717, 1.165) is 29.9 Å². The topological polar surface area (TPSA) is 8.17 Å². The largest absolute Gasteiger partial charge is 0.310 e. The zero-order valence-corrected chi connectivity index (χ0v) is 40.1. The number of aryl methyl sites for hydroxylation is 1. The predicted octanol–water partition coefficient (Wildman–Crippen LogP) is 18.6. The summed E-state index contributed by atoms with van der Waals surface area (Å²) in [5, 5.41) is 3.85. The molecule has 2 heteroatoms. The summed E-state index contributed by atoms with van der Waals surface area (Å²) in [4.78, 5) is 2.42. The maximum Gasteiger partial charge on any atom is 0.0546 e. The first kappa shape index (κ1) is 42.9. The van der Waals surface area contributed by atoms with Gasteiger partial charge in [0.2, 0.25) is 0 Å². The number of benzene rings is 9. The number of aromatic nitrogens is 1. The van der Waals surface area contributed by atoms with E-state index in [1.54, 1.807) is 0 Å². The zero-order valence-electron chi connectivity index (χ0n) is 40.1. The molecule has 0 saturated heterocycles. The van der Waals surface area contributed by atoms with Crippen molar-refractivity contribution >= 4 is 44.8 Å². The van der Waals surface area contributed by atoms with Crippen LogP contribution in [0.4, 0.5) is 17.1 Å². The van der Waals surface area contributed by atoms with Crippen molar-refractivity contribution in [3.8, 4) is 50.2 Å². The van der Waals surface area contributed by atoms with Crippen LogP contribution in [0.2, 0.25) is 0 Å². The molecule has 1 aliphatic carbocycles. The highest BCUT2D eigenvalue weighted by Gasteiger charge is 2.29. The first-order valence-corrected chi connectivity index (χ1v) is 24.2. The Kier molecular flexibility index (Phi) is 10.9. The summed E-state index contributed by atoms with van der Waals surface area (Å²) in [6.45, 7) is 14.1. The van der Waals surface area contributed by atoms with Gasteiger partial charge < -0.3 is 9.47 Å². The summed E-state index contributed by atoms with van der Waals surface area (Å²) in [5.41, 5.74) is 21.1. The van der Waals surface area contributed by atoms with E-state index in [-0.39, 0.29) is 10.8 Å². The third kappa shape index (κ3) is 8.15. The lowest BCUT2D eigenvalue weighted by atomic mass is 9.79. The Hall–Kier alpha value is -7.68. The molecule has 0 spiro atoms. The van der Waals surface area contributed by atoms with E-state index in [9.17, 15) is 0 Å². The van der Waals surface area contributed by atoms with Gasteiger partial charge in [0.25, 0.3) is 0 Å². The molecule has 0 bridgehead atoms. The number of hydrogen-bond donors (Lipinski definition) is 0. The molecule has 10 aromatic rings. The van der Waals surface area contributed by atoms with Crippen LogP contribution in [-0.2, 0) is 11.8 Å². The lowest BCUT2D eigenvalue weighted by Gasteiger charge is -2.27. The Morgan fingerprint density at radius 3 is 1.54 bits per heavy atom. The SMILES string of the molecule is CC(C)(C)C1=Cc2c(c3c(-c4cccc(N(c5ccc(-c6ccc(-c7ccccc7)cc6)cc5)c5ccc(-c6ccc7ccccc7c6)cc5)c4)cc(C(C)(C)C)cc3n2-c2ccccc2)CC1. The van der Waals surface area contributed by atoms with Gasteiger partial charge in [-0.05, 0) is 163 Å². The van der Waals surface area contributed by atoms with Crippen LogP contribution in [0.3, 0.4) is 0 Å². The molecule has 0 aliphatic heterocycles. The fourth-order valence-corrected chi connectivity index (χ4v) is 10.2. The lowest BCUT2D eigenvalue weighted by molar-refractivity contribution is 0.484. The van der Waals surface area contributed by atoms with Crippen molar-refractivity contribution in [1.82, 2.24) is 4.57 Å². The lowest BCUT2D eigenvalue weighted by Crippen LogP contribution is -2.14. The van der Waals surface area contributed by atoms with Crippen molar-refractivity contribution in [1.29, 1.82) is 0 Å². The van der Waals surface area contributed by atoms with Gasteiger partial charge >= 0.3 is 0 Å². The van der Waals surface area contributed by atoms with Crippen molar-refractivity contribution in [2.75, 3.05) is 4.90 Å². The Bertz CT molecular complexity index is 3470. The van der Waals surface area contributed by atoms with Crippen molar-refractivity contribution in [3.63, 3.8) is 0 Å². The van der Waals surface area contributed by atoms with Crippen molar-refractivity contribution < 1.29 is 0 Å². The Morgan fingerprint density at radius 2 is 0.926 bits per heavy atom. The van der Waals surface area contributed by atoms with Gasteiger partial charge in [-0.1, -0.05) is 193 Å². The minimum atomic E-state index is -0.0678. The molecule has 0 amide bonds. The molecule has 0 N–H and O–H groups in total. The average Bonchev–Trinajstić information content (AvgIpc) is 3.70.